The Hall–Kier alpha value is -7.47. The number of ether oxygens (including phenoxy) is 1. The summed E-state index contributed by atoms with van der Waals surface area (Å²) in [5.41, 5.74) is 7.02. The Kier molecular flexibility index (Phi) is 9.13. The normalized spacial score (nSPS) is 13.5. The van der Waals surface area contributed by atoms with Gasteiger partial charge in [-0.25, -0.2) is 22.9 Å². The lowest BCUT2D eigenvalue weighted by atomic mass is 10.1. The predicted molar refractivity (Wildman–Crippen MR) is 223 cm³/mol. The molecule has 0 radical (unpaired) electrons. The standard InChI is InChI=1S/C44H29F5N8O4S/c1-55(2)22-6-4-21(5-7-22)53-54-44-52-29-8-3-20(17-34(29)62-44)41(58)56-15-13-23-25-18-30(50-27(25)9-11-32(23)56)42(59)57-16-14-24-26-19-31(51-28(26)10-12-33(24)57)43(60)61-40-38(48)36(46)35(45)37(47)39(40)49/h3-12,17-19,50-51H,13-16H2,1-2H3. The highest BCUT2D eigenvalue weighted by molar-refractivity contribution is 7.21. The number of esters is 1. The fourth-order valence-corrected chi connectivity index (χ4v) is 8.83. The van der Waals surface area contributed by atoms with Crippen LogP contribution >= 0.6 is 11.3 Å². The first-order valence-electron chi connectivity index (χ1n) is 19.1. The van der Waals surface area contributed by atoms with Crippen molar-refractivity contribution in [1.29, 1.82) is 0 Å². The van der Waals surface area contributed by atoms with Gasteiger partial charge in [0.2, 0.25) is 40.0 Å². The lowest BCUT2D eigenvalue weighted by Crippen LogP contribution is -2.29. The first-order chi connectivity index (χ1) is 29.8. The molecule has 8 aromatic rings. The third kappa shape index (κ3) is 6.32. The molecule has 18 heteroatoms. The number of thiazole rings is 1. The second-order valence-electron chi connectivity index (χ2n) is 14.9. The Morgan fingerprint density at radius 2 is 1.27 bits per heavy atom. The van der Waals surface area contributed by atoms with Crippen LogP contribution in [-0.4, -0.2) is 59.9 Å². The van der Waals surface area contributed by atoms with Crippen molar-refractivity contribution >= 4 is 89.0 Å². The summed E-state index contributed by atoms with van der Waals surface area (Å²) in [6.45, 7) is 0.732. The van der Waals surface area contributed by atoms with Crippen LogP contribution in [-0.2, 0) is 12.8 Å². The van der Waals surface area contributed by atoms with Crippen LogP contribution in [0, 0.1) is 29.1 Å². The summed E-state index contributed by atoms with van der Waals surface area (Å²) >= 11 is 1.34. The lowest BCUT2D eigenvalue weighted by Gasteiger charge is -2.17. The largest absolute Gasteiger partial charge is 0.415 e. The molecule has 2 aliphatic rings. The van der Waals surface area contributed by atoms with Gasteiger partial charge in [0.15, 0.2) is 0 Å². The van der Waals surface area contributed by atoms with Gasteiger partial charge in [0, 0.05) is 71.6 Å². The Morgan fingerprint density at radius 3 is 1.90 bits per heavy atom. The average Bonchev–Trinajstić information content (AvgIpc) is 4.13. The molecule has 310 valence electrons. The van der Waals surface area contributed by atoms with E-state index in [0.29, 0.717) is 69.1 Å². The van der Waals surface area contributed by atoms with Crippen LogP contribution in [0.5, 0.6) is 5.75 Å². The quantitative estimate of drug-likeness (QED) is 0.0409. The average molecular weight is 861 g/mol. The maximum Gasteiger partial charge on any atom is 0.360 e. The molecule has 0 bridgehead atoms. The summed E-state index contributed by atoms with van der Waals surface area (Å²) in [5.74, 6) is -15.0. The second kappa shape index (κ2) is 14.6. The number of H-pyrrole nitrogens is 2. The van der Waals surface area contributed by atoms with Crippen LogP contribution in [0.1, 0.15) is 42.5 Å². The molecule has 0 fully saturated rings. The molecular weight excluding hydrogens is 832 g/mol. The van der Waals surface area contributed by atoms with Gasteiger partial charge in [-0.2, -0.15) is 8.78 Å². The molecule has 12 nitrogen and oxygen atoms in total. The van der Waals surface area contributed by atoms with E-state index in [1.165, 1.54) is 17.4 Å². The molecule has 0 spiro atoms. The topological polar surface area (TPSA) is 139 Å². The summed E-state index contributed by atoms with van der Waals surface area (Å²) in [6.07, 6.45) is 0.958. The molecule has 3 aromatic heterocycles. The van der Waals surface area contributed by atoms with Gasteiger partial charge in [-0.3, -0.25) is 9.59 Å². The van der Waals surface area contributed by atoms with Gasteiger partial charge in [-0.05, 0) is 103 Å². The highest BCUT2D eigenvalue weighted by atomic mass is 32.1. The van der Waals surface area contributed by atoms with Crippen molar-refractivity contribution in [3.05, 3.63) is 136 Å². The van der Waals surface area contributed by atoms with E-state index in [-0.39, 0.29) is 24.1 Å². The number of benzene rings is 5. The summed E-state index contributed by atoms with van der Waals surface area (Å²) in [5, 5.41) is 10.4. The number of hydrogen-bond donors (Lipinski definition) is 2. The highest BCUT2D eigenvalue weighted by Crippen LogP contribution is 2.40. The second-order valence-corrected chi connectivity index (χ2v) is 15.9. The maximum atomic E-state index is 14.2. The van der Waals surface area contributed by atoms with E-state index in [1.54, 1.807) is 40.1 Å². The van der Waals surface area contributed by atoms with Crippen LogP contribution < -0.4 is 19.4 Å². The minimum absolute atomic E-state index is 0.173. The van der Waals surface area contributed by atoms with Crippen LogP contribution in [0.4, 0.5) is 49.8 Å². The number of carbonyl (C=O) groups is 3. The van der Waals surface area contributed by atoms with Gasteiger partial charge in [-0.1, -0.05) is 11.3 Å². The van der Waals surface area contributed by atoms with Crippen molar-refractivity contribution in [1.82, 2.24) is 15.0 Å². The summed E-state index contributed by atoms with van der Waals surface area (Å²) < 4.78 is 74.8. The third-order valence-corrected chi connectivity index (χ3v) is 12.0. The Morgan fingerprint density at radius 1 is 0.694 bits per heavy atom. The summed E-state index contributed by atoms with van der Waals surface area (Å²) in [6, 6.07) is 23.1. The Labute approximate surface area is 350 Å². The van der Waals surface area contributed by atoms with Crippen molar-refractivity contribution in [2.75, 3.05) is 41.9 Å². The van der Waals surface area contributed by atoms with Gasteiger partial charge in [-0.15, -0.1) is 10.2 Å². The van der Waals surface area contributed by atoms with Crippen molar-refractivity contribution < 1.29 is 41.1 Å². The van der Waals surface area contributed by atoms with E-state index in [1.807, 2.05) is 61.5 Å². The van der Waals surface area contributed by atoms with Crippen LogP contribution in [0.2, 0.25) is 0 Å². The van der Waals surface area contributed by atoms with Crippen molar-refractivity contribution in [2.45, 2.75) is 12.8 Å². The van der Waals surface area contributed by atoms with E-state index in [0.717, 1.165) is 32.5 Å². The summed E-state index contributed by atoms with van der Waals surface area (Å²) in [7, 11) is 3.92. The number of aromatic nitrogens is 3. The third-order valence-electron chi connectivity index (χ3n) is 11.1. The van der Waals surface area contributed by atoms with E-state index < -0.39 is 40.8 Å². The number of halogens is 5. The number of azo groups is 1. The zero-order chi connectivity index (χ0) is 43.1. The number of nitrogens with one attached hydrogen (secondary N) is 2. The number of amides is 2. The number of aromatic amines is 2. The van der Waals surface area contributed by atoms with Crippen LogP contribution in [0.25, 0.3) is 32.0 Å². The first-order valence-corrected chi connectivity index (χ1v) is 19.9. The molecular formula is C44H29F5N8O4S. The van der Waals surface area contributed by atoms with E-state index in [4.69, 9.17) is 0 Å². The first kappa shape index (κ1) is 38.7. The van der Waals surface area contributed by atoms with Gasteiger partial charge < -0.3 is 29.4 Å². The van der Waals surface area contributed by atoms with Crippen LogP contribution in [0.15, 0.2) is 89.1 Å². The lowest BCUT2D eigenvalue weighted by molar-refractivity contribution is 0.0710. The number of rotatable bonds is 7. The molecule has 2 N–H and O–H groups in total. The zero-order valence-corrected chi connectivity index (χ0v) is 33.3. The summed E-state index contributed by atoms with van der Waals surface area (Å²) in [4.78, 5) is 56.7. The molecule has 5 aromatic carbocycles. The molecule has 0 saturated carbocycles. The molecule has 62 heavy (non-hydrogen) atoms. The molecule has 2 amide bonds. The minimum Gasteiger partial charge on any atom is -0.415 e. The van der Waals surface area contributed by atoms with Crippen molar-refractivity contribution in [2.24, 2.45) is 10.2 Å². The zero-order valence-electron chi connectivity index (χ0n) is 32.4. The fourth-order valence-electron chi connectivity index (χ4n) is 8.00. The van der Waals surface area contributed by atoms with Crippen LogP contribution in [0.3, 0.4) is 0 Å². The SMILES string of the molecule is CN(C)c1ccc(N=Nc2nc3ccc(C(=O)N4CCc5c4ccc4[nH]c(C(=O)N6CCc7c6ccc6[nH]c(C(=O)Oc8c(F)c(F)c(F)c(F)c8F)cc76)cc54)cc3s2)cc1. The molecule has 10 rings (SSSR count). The number of hydrogen-bond acceptors (Lipinski definition) is 9. The number of fused-ring (bicyclic) bond motifs is 7. The van der Waals surface area contributed by atoms with Gasteiger partial charge in [0.05, 0.1) is 15.9 Å². The Bertz CT molecular complexity index is 3220. The Balaban J connectivity index is 0.863. The minimum atomic E-state index is -2.38. The molecule has 0 atom stereocenters. The molecule has 5 heterocycles. The molecule has 2 aliphatic heterocycles. The monoisotopic (exact) mass is 860 g/mol. The van der Waals surface area contributed by atoms with E-state index in [2.05, 4.69) is 29.9 Å². The number of carbonyl (C=O) groups excluding carboxylic acids is 3. The van der Waals surface area contributed by atoms with Crippen molar-refractivity contribution in [3.63, 3.8) is 0 Å². The number of anilines is 3. The van der Waals surface area contributed by atoms with E-state index in [9.17, 15) is 36.3 Å². The molecule has 0 saturated heterocycles. The van der Waals surface area contributed by atoms with Crippen molar-refractivity contribution in [3.8, 4) is 5.75 Å². The van der Waals surface area contributed by atoms with Gasteiger partial charge >= 0.3 is 5.97 Å². The van der Waals surface area contributed by atoms with Gasteiger partial charge in [0.1, 0.15) is 11.4 Å². The smallest absolute Gasteiger partial charge is 0.360 e. The molecule has 0 unspecified atom stereocenters. The highest BCUT2D eigenvalue weighted by Gasteiger charge is 2.33. The van der Waals surface area contributed by atoms with Gasteiger partial charge in [0.25, 0.3) is 11.8 Å². The maximum absolute atomic E-state index is 14.2. The van der Waals surface area contributed by atoms with E-state index >= 15 is 0 Å². The molecule has 0 aliphatic carbocycles. The predicted octanol–water partition coefficient (Wildman–Crippen LogP) is 10.1. The number of nitrogens with zero attached hydrogens (tertiary/aromatic N) is 6. The fraction of sp³-hybridized carbons (Fsp3) is 0.136.